The number of ether oxygens (including phenoxy) is 1. The summed E-state index contributed by atoms with van der Waals surface area (Å²) in [5, 5.41) is 0. The maximum atomic E-state index is 11.5. The van der Waals surface area contributed by atoms with E-state index in [2.05, 4.69) is 12.2 Å². The van der Waals surface area contributed by atoms with Crippen LogP contribution in [0.4, 0.5) is 0 Å². The van der Waals surface area contributed by atoms with E-state index in [0.717, 1.165) is 48.5 Å². The number of rotatable bonds is 0. The van der Waals surface area contributed by atoms with Crippen LogP contribution in [0.25, 0.3) is 0 Å². The predicted octanol–water partition coefficient (Wildman–Crippen LogP) is 2.25. The molecule has 0 aromatic rings. The van der Waals surface area contributed by atoms with Crippen LogP contribution in [0.15, 0.2) is 12.2 Å². The monoisotopic (exact) mass is 230 g/mol. The summed E-state index contributed by atoms with van der Waals surface area (Å²) in [6.07, 6.45) is 8.49. The molecular weight excluding hydrogens is 212 g/mol. The van der Waals surface area contributed by atoms with Gasteiger partial charge < -0.3 is 4.74 Å². The Balaban J connectivity index is 1.55. The van der Waals surface area contributed by atoms with Gasteiger partial charge in [-0.1, -0.05) is 12.2 Å². The van der Waals surface area contributed by atoms with Crippen molar-refractivity contribution in [3.63, 3.8) is 0 Å². The number of fused-ring (bicyclic) bond motifs is 12. The van der Waals surface area contributed by atoms with Crippen LogP contribution in [0.2, 0.25) is 0 Å². The lowest BCUT2D eigenvalue weighted by Crippen LogP contribution is -2.43. The van der Waals surface area contributed by atoms with Gasteiger partial charge in [0.2, 0.25) is 0 Å². The Hall–Kier alpha value is -0.790. The van der Waals surface area contributed by atoms with Crippen molar-refractivity contribution in [3.05, 3.63) is 12.2 Å². The SMILES string of the molecule is O=C1CC2C(CO1)C1CC2C2C3C=CC(C3)C12. The van der Waals surface area contributed by atoms with Gasteiger partial charge in [0.05, 0.1) is 6.61 Å². The van der Waals surface area contributed by atoms with Gasteiger partial charge in [-0.15, -0.1) is 0 Å². The number of hydrogen-bond acceptors (Lipinski definition) is 2. The molecule has 5 rings (SSSR count). The average molecular weight is 230 g/mol. The van der Waals surface area contributed by atoms with Crippen molar-refractivity contribution in [2.75, 3.05) is 6.61 Å². The van der Waals surface area contributed by atoms with Gasteiger partial charge in [0.1, 0.15) is 0 Å². The van der Waals surface area contributed by atoms with Crippen LogP contribution < -0.4 is 0 Å². The molecule has 8 unspecified atom stereocenters. The third kappa shape index (κ3) is 0.937. The van der Waals surface area contributed by atoms with Gasteiger partial charge in [-0.05, 0) is 60.2 Å². The molecule has 0 spiro atoms. The van der Waals surface area contributed by atoms with Gasteiger partial charge in [-0.3, -0.25) is 4.79 Å². The summed E-state index contributed by atoms with van der Waals surface area (Å²) in [4.78, 5) is 11.5. The van der Waals surface area contributed by atoms with Crippen molar-refractivity contribution in [2.45, 2.75) is 19.3 Å². The van der Waals surface area contributed by atoms with Gasteiger partial charge in [-0.2, -0.15) is 0 Å². The van der Waals surface area contributed by atoms with Gasteiger partial charge in [0.15, 0.2) is 0 Å². The second-order valence-corrected chi connectivity index (χ2v) is 6.88. The zero-order valence-corrected chi connectivity index (χ0v) is 9.92. The van der Waals surface area contributed by atoms with E-state index in [1.54, 1.807) is 0 Å². The highest BCUT2D eigenvalue weighted by molar-refractivity contribution is 5.70. The molecule has 4 aliphatic carbocycles. The molecule has 1 aliphatic heterocycles. The van der Waals surface area contributed by atoms with Crippen molar-refractivity contribution in [2.24, 2.45) is 47.3 Å². The molecule has 0 N–H and O–H groups in total. The lowest BCUT2D eigenvalue weighted by molar-refractivity contribution is -0.157. The topological polar surface area (TPSA) is 26.3 Å². The van der Waals surface area contributed by atoms with E-state index >= 15 is 0 Å². The molecule has 8 atom stereocenters. The van der Waals surface area contributed by atoms with Crippen LogP contribution in [0.3, 0.4) is 0 Å². The summed E-state index contributed by atoms with van der Waals surface area (Å²) in [6, 6.07) is 0. The molecular formula is C15H18O2. The largest absolute Gasteiger partial charge is 0.465 e. The third-order valence-corrected chi connectivity index (χ3v) is 6.61. The summed E-state index contributed by atoms with van der Waals surface area (Å²) in [5.41, 5.74) is 0. The number of cyclic esters (lactones) is 1. The number of carbonyl (C=O) groups excluding carboxylic acids is 1. The van der Waals surface area contributed by atoms with Crippen molar-refractivity contribution in [3.8, 4) is 0 Å². The number of carbonyl (C=O) groups is 1. The first kappa shape index (κ1) is 9.18. The highest BCUT2D eigenvalue weighted by Crippen LogP contribution is 2.69. The third-order valence-electron chi connectivity index (χ3n) is 6.61. The van der Waals surface area contributed by atoms with Gasteiger partial charge in [-0.25, -0.2) is 0 Å². The molecule has 3 saturated carbocycles. The van der Waals surface area contributed by atoms with E-state index in [9.17, 15) is 4.79 Å². The number of allylic oxidation sites excluding steroid dienone is 2. The van der Waals surface area contributed by atoms with E-state index in [0.29, 0.717) is 11.8 Å². The molecule has 90 valence electrons. The summed E-state index contributed by atoms with van der Waals surface area (Å²) in [7, 11) is 0. The summed E-state index contributed by atoms with van der Waals surface area (Å²) in [6.45, 7) is 0.731. The smallest absolute Gasteiger partial charge is 0.306 e. The molecule has 4 bridgehead atoms. The molecule has 5 aliphatic rings. The minimum atomic E-state index is 0.0639. The van der Waals surface area contributed by atoms with E-state index in [-0.39, 0.29) is 5.97 Å². The Morgan fingerprint density at radius 2 is 1.65 bits per heavy atom. The van der Waals surface area contributed by atoms with Crippen molar-refractivity contribution < 1.29 is 9.53 Å². The van der Waals surface area contributed by atoms with Crippen LogP contribution >= 0.6 is 0 Å². The Morgan fingerprint density at radius 3 is 2.41 bits per heavy atom. The second kappa shape index (κ2) is 2.78. The zero-order valence-electron chi connectivity index (χ0n) is 9.92. The fourth-order valence-electron chi connectivity index (χ4n) is 6.28. The normalized spacial score (nSPS) is 61.5. The molecule has 2 nitrogen and oxygen atoms in total. The van der Waals surface area contributed by atoms with Crippen molar-refractivity contribution in [1.82, 2.24) is 0 Å². The van der Waals surface area contributed by atoms with Crippen LogP contribution in [0.1, 0.15) is 19.3 Å². The molecule has 2 heteroatoms. The summed E-state index contributed by atoms with van der Waals surface area (Å²) < 4.78 is 5.32. The standard InChI is InChI=1S/C15H18O2/c16-13-5-9-10-4-11(12(9)6-17-13)15-8-2-1-7(3-8)14(10)15/h1-2,7-12,14-15H,3-6H2. The lowest BCUT2D eigenvalue weighted by atomic mass is 9.64. The maximum absolute atomic E-state index is 11.5. The minimum absolute atomic E-state index is 0.0639. The fraction of sp³-hybridized carbons (Fsp3) is 0.800. The predicted molar refractivity (Wildman–Crippen MR) is 61.9 cm³/mol. The van der Waals surface area contributed by atoms with Crippen molar-refractivity contribution in [1.29, 1.82) is 0 Å². The Labute approximate surface area is 101 Å². The first-order valence-corrected chi connectivity index (χ1v) is 7.17. The highest BCUT2D eigenvalue weighted by atomic mass is 16.5. The first-order chi connectivity index (χ1) is 8.33. The zero-order chi connectivity index (χ0) is 11.1. The Kier molecular flexibility index (Phi) is 1.50. The van der Waals surface area contributed by atoms with Gasteiger partial charge >= 0.3 is 5.97 Å². The lowest BCUT2D eigenvalue weighted by Gasteiger charge is -2.43. The molecule has 0 amide bonds. The average Bonchev–Trinajstić information content (AvgIpc) is 3.06. The Bertz CT molecular complexity index is 427. The fourth-order valence-corrected chi connectivity index (χ4v) is 6.28. The number of hydrogen-bond donors (Lipinski definition) is 0. The molecule has 1 heterocycles. The molecule has 0 radical (unpaired) electrons. The van der Waals surface area contributed by atoms with Gasteiger partial charge in [0, 0.05) is 6.42 Å². The van der Waals surface area contributed by atoms with E-state index in [1.165, 1.54) is 12.8 Å². The quantitative estimate of drug-likeness (QED) is 0.362. The van der Waals surface area contributed by atoms with E-state index in [4.69, 9.17) is 4.74 Å². The summed E-state index contributed by atoms with van der Waals surface area (Å²) >= 11 is 0. The molecule has 0 aromatic carbocycles. The second-order valence-electron chi connectivity index (χ2n) is 6.88. The highest BCUT2D eigenvalue weighted by Gasteiger charge is 2.65. The van der Waals surface area contributed by atoms with Gasteiger partial charge in [0.25, 0.3) is 0 Å². The van der Waals surface area contributed by atoms with Crippen LogP contribution in [-0.2, 0) is 9.53 Å². The summed E-state index contributed by atoms with van der Waals surface area (Å²) in [5.74, 6) is 6.80. The minimum Gasteiger partial charge on any atom is -0.465 e. The first-order valence-electron chi connectivity index (χ1n) is 7.17. The maximum Gasteiger partial charge on any atom is 0.306 e. The molecule has 17 heavy (non-hydrogen) atoms. The Morgan fingerprint density at radius 1 is 0.941 bits per heavy atom. The molecule has 4 fully saturated rings. The van der Waals surface area contributed by atoms with E-state index < -0.39 is 0 Å². The number of esters is 1. The van der Waals surface area contributed by atoms with Crippen LogP contribution in [0, 0.1) is 47.3 Å². The van der Waals surface area contributed by atoms with Crippen LogP contribution in [0.5, 0.6) is 0 Å². The van der Waals surface area contributed by atoms with Crippen molar-refractivity contribution >= 4 is 5.97 Å². The van der Waals surface area contributed by atoms with E-state index in [1.807, 2.05) is 0 Å². The van der Waals surface area contributed by atoms with Crippen LogP contribution in [-0.4, -0.2) is 12.6 Å². The molecule has 1 saturated heterocycles. The molecule has 0 aromatic heterocycles.